The van der Waals surface area contributed by atoms with Gasteiger partial charge in [0, 0.05) is 24.8 Å². The number of hydrogen-bond donors (Lipinski definition) is 2. The first-order valence-electron chi connectivity index (χ1n) is 7.15. The van der Waals surface area contributed by atoms with Crippen molar-refractivity contribution in [2.24, 2.45) is 0 Å². The van der Waals surface area contributed by atoms with Crippen LogP contribution in [0.1, 0.15) is 5.56 Å². The van der Waals surface area contributed by atoms with Crippen molar-refractivity contribution in [3.63, 3.8) is 0 Å². The van der Waals surface area contributed by atoms with Crippen molar-refractivity contribution >= 4 is 23.3 Å². The molecule has 2 aromatic rings. The smallest absolute Gasteiger partial charge is 0.327 e. The maximum absolute atomic E-state index is 12.6. The van der Waals surface area contributed by atoms with Gasteiger partial charge in [0.2, 0.25) is 5.91 Å². The van der Waals surface area contributed by atoms with Crippen molar-refractivity contribution in [2.75, 3.05) is 17.3 Å². The fraction of sp³-hybridized carbons (Fsp3) is 0.176. The molecule has 1 atom stereocenters. The van der Waals surface area contributed by atoms with Gasteiger partial charge in [0.1, 0.15) is 6.04 Å². The summed E-state index contributed by atoms with van der Waals surface area (Å²) in [5.74, 6) is -0.167. The number of rotatable bonds is 2. The fourth-order valence-electron chi connectivity index (χ4n) is 2.72. The van der Waals surface area contributed by atoms with E-state index in [1.165, 1.54) is 4.90 Å². The zero-order valence-electron chi connectivity index (χ0n) is 12.2. The third-order valence-electron chi connectivity index (χ3n) is 3.77. The summed E-state index contributed by atoms with van der Waals surface area (Å²) in [7, 11) is 1.58. The largest absolute Gasteiger partial charge is 0.357 e. The number of benzene rings is 2. The lowest BCUT2D eigenvalue weighted by molar-refractivity contribution is -0.121. The SMILES string of the molecule is CNC(=O)[C@H]1Cc2ccccc2N1C(=O)Nc1ccccc1. The normalized spacial score (nSPS) is 16.0. The molecule has 1 aliphatic heterocycles. The first kappa shape index (κ1) is 14.1. The highest BCUT2D eigenvalue weighted by Gasteiger charge is 2.37. The molecule has 1 heterocycles. The number of nitrogens with one attached hydrogen (secondary N) is 2. The molecule has 112 valence electrons. The number of nitrogens with zero attached hydrogens (tertiary/aromatic N) is 1. The first-order valence-corrected chi connectivity index (χ1v) is 7.15. The van der Waals surface area contributed by atoms with E-state index in [0.717, 1.165) is 11.3 Å². The van der Waals surface area contributed by atoms with E-state index in [1.54, 1.807) is 7.05 Å². The molecule has 2 aromatic carbocycles. The van der Waals surface area contributed by atoms with Crippen LogP contribution in [0.4, 0.5) is 16.2 Å². The molecular weight excluding hydrogens is 278 g/mol. The standard InChI is InChI=1S/C17H17N3O2/c1-18-16(21)15-11-12-7-5-6-10-14(12)20(15)17(22)19-13-8-3-2-4-9-13/h2-10,15H,11H2,1H3,(H,18,21)(H,19,22)/t15-/m1/s1. The molecule has 0 unspecified atom stereocenters. The predicted molar refractivity (Wildman–Crippen MR) is 85.9 cm³/mol. The topological polar surface area (TPSA) is 61.4 Å². The summed E-state index contributed by atoms with van der Waals surface area (Å²) in [6.45, 7) is 0. The second-order valence-electron chi connectivity index (χ2n) is 5.13. The summed E-state index contributed by atoms with van der Waals surface area (Å²) in [6.07, 6.45) is 0.526. The van der Waals surface area contributed by atoms with Crippen LogP contribution in [-0.4, -0.2) is 25.0 Å². The highest BCUT2D eigenvalue weighted by Crippen LogP contribution is 2.32. The van der Waals surface area contributed by atoms with E-state index in [9.17, 15) is 9.59 Å². The van der Waals surface area contributed by atoms with Crippen LogP contribution < -0.4 is 15.5 Å². The lowest BCUT2D eigenvalue weighted by Crippen LogP contribution is -2.48. The average molecular weight is 295 g/mol. The van der Waals surface area contributed by atoms with Crippen molar-refractivity contribution in [3.8, 4) is 0 Å². The third kappa shape index (κ3) is 2.53. The molecule has 0 fully saturated rings. The van der Waals surface area contributed by atoms with E-state index >= 15 is 0 Å². The van der Waals surface area contributed by atoms with Gasteiger partial charge in [0.05, 0.1) is 0 Å². The average Bonchev–Trinajstić information content (AvgIpc) is 2.94. The minimum Gasteiger partial charge on any atom is -0.357 e. The Kier molecular flexibility index (Phi) is 3.78. The molecular formula is C17H17N3O2. The minimum absolute atomic E-state index is 0.167. The van der Waals surface area contributed by atoms with Gasteiger partial charge >= 0.3 is 6.03 Å². The van der Waals surface area contributed by atoms with Crippen molar-refractivity contribution in [2.45, 2.75) is 12.5 Å². The molecule has 5 heteroatoms. The molecule has 0 radical (unpaired) electrons. The molecule has 3 rings (SSSR count). The highest BCUT2D eigenvalue weighted by atomic mass is 16.2. The summed E-state index contributed by atoms with van der Waals surface area (Å²) in [5.41, 5.74) is 2.48. The Morgan fingerprint density at radius 3 is 2.45 bits per heavy atom. The van der Waals surface area contributed by atoms with E-state index in [0.29, 0.717) is 12.1 Å². The van der Waals surface area contributed by atoms with E-state index < -0.39 is 6.04 Å². The Labute approximate surface area is 128 Å². The van der Waals surface area contributed by atoms with Crippen LogP contribution in [0.5, 0.6) is 0 Å². The summed E-state index contributed by atoms with van der Waals surface area (Å²) in [5, 5.41) is 5.47. The summed E-state index contributed by atoms with van der Waals surface area (Å²) in [6, 6.07) is 16.0. The van der Waals surface area contributed by atoms with Gasteiger partial charge in [-0.25, -0.2) is 4.79 Å². The number of carbonyl (C=O) groups is 2. The lowest BCUT2D eigenvalue weighted by atomic mass is 10.1. The van der Waals surface area contributed by atoms with Crippen LogP contribution in [0, 0.1) is 0 Å². The predicted octanol–water partition coefficient (Wildman–Crippen LogP) is 2.40. The number of para-hydroxylation sites is 2. The Hall–Kier alpha value is -2.82. The number of urea groups is 1. The van der Waals surface area contributed by atoms with Gasteiger partial charge in [-0.2, -0.15) is 0 Å². The zero-order chi connectivity index (χ0) is 15.5. The number of hydrogen-bond acceptors (Lipinski definition) is 2. The number of likely N-dealkylation sites (N-methyl/N-ethyl adjacent to an activating group) is 1. The molecule has 22 heavy (non-hydrogen) atoms. The number of amides is 3. The highest BCUT2D eigenvalue weighted by molar-refractivity contribution is 6.08. The van der Waals surface area contributed by atoms with Gasteiger partial charge in [0.25, 0.3) is 0 Å². The van der Waals surface area contributed by atoms with Crippen LogP contribution in [0.2, 0.25) is 0 Å². The maximum atomic E-state index is 12.6. The van der Waals surface area contributed by atoms with Crippen molar-refractivity contribution in [1.29, 1.82) is 0 Å². The molecule has 5 nitrogen and oxygen atoms in total. The monoisotopic (exact) mass is 295 g/mol. The van der Waals surface area contributed by atoms with Gasteiger partial charge in [-0.05, 0) is 23.8 Å². The maximum Gasteiger partial charge on any atom is 0.327 e. The Morgan fingerprint density at radius 2 is 1.73 bits per heavy atom. The first-order chi connectivity index (χ1) is 10.7. The molecule has 0 saturated heterocycles. The van der Waals surface area contributed by atoms with Crippen LogP contribution in [-0.2, 0) is 11.2 Å². The van der Waals surface area contributed by atoms with E-state index in [2.05, 4.69) is 10.6 Å². The molecule has 0 spiro atoms. The zero-order valence-corrected chi connectivity index (χ0v) is 12.2. The summed E-state index contributed by atoms with van der Waals surface area (Å²) in [4.78, 5) is 26.3. The third-order valence-corrected chi connectivity index (χ3v) is 3.77. The molecule has 1 aliphatic rings. The van der Waals surface area contributed by atoms with Crippen LogP contribution >= 0.6 is 0 Å². The van der Waals surface area contributed by atoms with Gasteiger partial charge in [-0.1, -0.05) is 36.4 Å². The lowest BCUT2D eigenvalue weighted by Gasteiger charge is -2.24. The van der Waals surface area contributed by atoms with Crippen molar-refractivity contribution in [1.82, 2.24) is 5.32 Å². The second kappa shape index (κ2) is 5.89. The molecule has 0 saturated carbocycles. The number of fused-ring (bicyclic) bond motifs is 1. The van der Waals surface area contributed by atoms with Gasteiger partial charge < -0.3 is 10.6 Å². The summed E-state index contributed by atoms with van der Waals surface area (Å²) < 4.78 is 0. The Bertz CT molecular complexity index is 700. The van der Waals surface area contributed by atoms with E-state index in [1.807, 2.05) is 54.6 Å². The second-order valence-corrected chi connectivity index (χ2v) is 5.13. The fourth-order valence-corrected chi connectivity index (χ4v) is 2.72. The molecule has 3 amide bonds. The van der Waals surface area contributed by atoms with Gasteiger partial charge in [0.15, 0.2) is 0 Å². The van der Waals surface area contributed by atoms with Gasteiger partial charge in [-0.3, -0.25) is 9.69 Å². The number of carbonyl (C=O) groups excluding carboxylic acids is 2. The Morgan fingerprint density at radius 1 is 1.05 bits per heavy atom. The van der Waals surface area contributed by atoms with Crippen LogP contribution in [0.15, 0.2) is 54.6 Å². The van der Waals surface area contributed by atoms with Crippen molar-refractivity contribution < 1.29 is 9.59 Å². The summed E-state index contributed by atoms with van der Waals surface area (Å²) >= 11 is 0. The van der Waals surface area contributed by atoms with E-state index in [-0.39, 0.29) is 11.9 Å². The number of anilines is 2. The molecule has 0 bridgehead atoms. The van der Waals surface area contributed by atoms with Crippen LogP contribution in [0.3, 0.4) is 0 Å². The molecule has 2 N–H and O–H groups in total. The minimum atomic E-state index is -0.522. The van der Waals surface area contributed by atoms with Crippen LogP contribution in [0.25, 0.3) is 0 Å². The molecule has 0 aromatic heterocycles. The molecule has 0 aliphatic carbocycles. The van der Waals surface area contributed by atoms with Gasteiger partial charge in [-0.15, -0.1) is 0 Å². The quantitative estimate of drug-likeness (QED) is 0.893. The van der Waals surface area contributed by atoms with Crippen molar-refractivity contribution in [3.05, 3.63) is 60.2 Å². The van der Waals surface area contributed by atoms with E-state index in [4.69, 9.17) is 0 Å². The Balaban J connectivity index is 1.90.